The standard InChI is InChI=1S/C21H31Si.3ClH.Ti/c1-7-9-13-22(6,20-12-10-11-19(20)8-2)21-17(4)14-16(3)15-18(21)5;;;;/h12,14-15H,7-10,13H2,1-6H3;3*1H;/q;;;;+3/p-3. The predicted molar refractivity (Wildman–Crippen MR) is 102 cm³/mol. The Morgan fingerprint density at radius 1 is 1.00 bits per heavy atom. The molecule has 2 rings (SSSR count). The minimum Gasteiger partial charge on any atom is -1.00 e. The van der Waals surface area contributed by atoms with Crippen LogP contribution >= 0.6 is 0 Å². The second-order valence-corrected chi connectivity index (χ2v) is 12.5. The van der Waals surface area contributed by atoms with Crippen LogP contribution in [0.5, 0.6) is 0 Å². The summed E-state index contributed by atoms with van der Waals surface area (Å²) in [4.78, 5) is 0. The second-order valence-electron chi connectivity index (χ2n) is 7.34. The molecule has 0 nitrogen and oxygen atoms in total. The zero-order valence-electron chi connectivity index (χ0n) is 16.9. The van der Waals surface area contributed by atoms with Crippen molar-refractivity contribution in [3.63, 3.8) is 0 Å². The quantitative estimate of drug-likeness (QED) is 0.388. The molecular formula is C21H31Cl3SiTi. The summed E-state index contributed by atoms with van der Waals surface area (Å²) in [6.45, 7) is 14.2. The third-order valence-electron chi connectivity index (χ3n) is 5.41. The predicted octanol–water partition coefficient (Wildman–Crippen LogP) is -3.21. The molecule has 0 N–H and O–H groups in total. The van der Waals surface area contributed by atoms with Gasteiger partial charge >= 0.3 is 156 Å². The molecule has 1 aliphatic carbocycles. The summed E-state index contributed by atoms with van der Waals surface area (Å²) in [5, 5.41) is 3.46. The van der Waals surface area contributed by atoms with Gasteiger partial charge in [0.1, 0.15) is 0 Å². The van der Waals surface area contributed by atoms with Crippen molar-refractivity contribution in [1.82, 2.24) is 0 Å². The van der Waals surface area contributed by atoms with Crippen LogP contribution in [0.15, 0.2) is 32.9 Å². The van der Waals surface area contributed by atoms with E-state index in [4.69, 9.17) is 0 Å². The Hall–Kier alpha value is 0.501. The Bertz CT molecular complexity index is 644. The van der Waals surface area contributed by atoms with E-state index in [2.05, 4.69) is 79.8 Å². The minimum absolute atomic E-state index is 0. The molecule has 1 aliphatic rings. The number of hydrogen-bond donors (Lipinski definition) is 0. The second kappa shape index (κ2) is 12.1. The van der Waals surface area contributed by atoms with Crippen LogP contribution in [0.2, 0.25) is 12.6 Å². The number of allylic oxidation sites excluding steroid dienone is 4. The van der Waals surface area contributed by atoms with Gasteiger partial charge in [0.25, 0.3) is 0 Å². The van der Waals surface area contributed by atoms with E-state index < -0.39 is 8.07 Å². The molecule has 0 aromatic heterocycles. The molecule has 1 aromatic carbocycles. The molecule has 0 fully saturated rings. The largest absolute Gasteiger partial charge is 1.00 e. The Labute approximate surface area is 192 Å². The fourth-order valence-corrected chi connectivity index (χ4v) is 10.7. The molecule has 26 heavy (non-hydrogen) atoms. The van der Waals surface area contributed by atoms with Crippen LogP contribution < -0.4 is 42.4 Å². The number of halogens is 3. The first-order valence-corrected chi connectivity index (χ1v) is 12.6. The van der Waals surface area contributed by atoms with Gasteiger partial charge in [0.05, 0.1) is 0 Å². The average molecular weight is 466 g/mol. The van der Waals surface area contributed by atoms with Gasteiger partial charge in [-0.25, -0.2) is 0 Å². The molecule has 5 heteroatoms. The van der Waals surface area contributed by atoms with Crippen molar-refractivity contribution in [1.29, 1.82) is 0 Å². The van der Waals surface area contributed by atoms with Crippen molar-refractivity contribution in [2.45, 2.75) is 72.9 Å². The van der Waals surface area contributed by atoms with E-state index in [1.54, 1.807) is 19.8 Å². The van der Waals surface area contributed by atoms with Crippen molar-refractivity contribution in [2.24, 2.45) is 0 Å². The SMILES string of the molecule is CCCC[Si](C)(C1=CC[C]([Ti+3])=C1CC)c1c(C)cc(C)cc1C.[Cl-].[Cl-].[Cl-]. The third kappa shape index (κ3) is 5.75. The molecule has 144 valence electrons. The van der Waals surface area contributed by atoms with Crippen LogP contribution in [0, 0.1) is 20.8 Å². The van der Waals surface area contributed by atoms with Gasteiger partial charge in [0, 0.05) is 0 Å². The van der Waals surface area contributed by atoms with Crippen LogP contribution in [0.25, 0.3) is 0 Å². The molecule has 0 aliphatic heterocycles. The Morgan fingerprint density at radius 3 is 2.00 bits per heavy atom. The van der Waals surface area contributed by atoms with Crippen molar-refractivity contribution >= 4 is 13.3 Å². The summed E-state index contributed by atoms with van der Waals surface area (Å²) in [6, 6.07) is 6.19. The van der Waals surface area contributed by atoms with E-state index in [-0.39, 0.29) is 37.2 Å². The summed E-state index contributed by atoms with van der Waals surface area (Å²) in [5.41, 5.74) is 6.12. The van der Waals surface area contributed by atoms with Crippen LogP contribution in [-0.2, 0) is 20.4 Å². The molecule has 0 saturated carbocycles. The van der Waals surface area contributed by atoms with Crippen LogP contribution in [0.1, 0.15) is 56.2 Å². The fraction of sp³-hybridized carbons (Fsp3) is 0.524. The van der Waals surface area contributed by atoms with E-state index in [9.17, 15) is 0 Å². The van der Waals surface area contributed by atoms with Gasteiger partial charge in [-0.3, -0.25) is 0 Å². The summed E-state index contributed by atoms with van der Waals surface area (Å²) >= 11 is 2.34. The van der Waals surface area contributed by atoms with Crippen LogP contribution in [-0.4, -0.2) is 8.07 Å². The first-order valence-electron chi connectivity index (χ1n) is 9.08. The Morgan fingerprint density at radius 2 is 1.54 bits per heavy atom. The number of aryl methyl sites for hydroxylation is 3. The normalized spacial score (nSPS) is 15.5. The molecular weight excluding hydrogens is 435 g/mol. The van der Waals surface area contributed by atoms with E-state index >= 15 is 0 Å². The number of unbranched alkanes of at least 4 members (excludes halogenated alkanes) is 1. The van der Waals surface area contributed by atoms with Crippen LogP contribution in [0.3, 0.4) is 0 Å². The Kier molecular flexibility index (Phi) is 13.4. The van der Waals surface area contributed by atoms with E-state index in [0.29, 0.717) is 0 Å². The minimum atomic E-state index is -1.65. The average Bonchev–Trinajstić information content (AvgIpc) is 2.85. The van der Waals surface area contributed by atoms with Crippen molar-refractivity contribution in [2.75, 3.05) is 0 Å². The summed E-state index contributed by atoms with van der Waals surface area (Å²) in [6.07, 6.45) is 7.59. The monoisotopic (exact) mass is 464 g/mol. The van der Waals surface area contributed by atoms with Gasteiger partial charge in [-0.05, 0) is 0 Å². The fourth-order valence-electron chi connectivity index (χ4n) is 4.55. The number of hydrogen-bond acceptors (Lipinski definition) is 0. The topological polar surface area (TPSA) is 0 Å². The van der Waals surface area contributed by atoms with E-state index in [1.807, 2.05) is 0 Å². The van der Waals surface area contributed by atoms with Gasteiger partial charge < -0.3 is 37.2 Å². The maximum atomic E-state index is 2.63. The summed E-state index contributed by atoms with van der Waals surface area (Å²) < 4.78 is 1.61. The first-order chi connectivity index (χ1) is 10.8. The zero-order chi connectivity index (χ0) is 17.2. The Balaban J connectivity index is 0. The molecule has 0 amide bonds. The first kappa shape index (κ1) is 28.7. The number of rotatable bonds is 6. The molecule has 1 unspecified atom stereocenters. The maximum Gasteiger partial charge on any atom is -1.00 e. The third-order valence-corrected chi connectivity index (χ3v) is 11.1. The van der Waals surface area contributed by atoms with Gasteiger partial charge in [-0.15, -0.1) is 0 Å². The van der Waals surface area contributed by atoms with E-state index in [0.717, 1.165) is 0 Å². The molecule has 0 saturated heterocycles. The molecule has 1 atom stereocenters. The zero-order valence-corrected chi connectivity index (χ0v) is 21.7. The molecule has 1 aromatic rings. The van der Waals surface area contributed by atoms with Gasteiger partial charge in [0.15, 0.2) is 0 Å². The van der Waals surface area contributed by atoms with Gasteiger partial charge in [0.2, 0.25) is 0 Å². The molecule has 0 radical (unpaired) electrons. The van der Waals surface area contributed by atoms with Crippen molar-refractivity contribution in [3.8, 4) is 0 Å². The number of benzene rings is 1. The maximum absolute atomic E-state index is 2.63. The summed E-state index contributed by atoms with van der Waals surface area (Å²) in [5.74, 6) is 0. The van der Waals surface area contributed by atoms with E-state index in [1.165, 1.54) is 48.4 Å². The van der Waals surface area contributed by atoms with Crippen LogP contribution in [0.4, 0.5) is 0 Å². The molecule has 0 heterocycles. The van der Waals surface area contributed by atoms with Crippen molar-refractivity contribution in [3.05, 3.63) is 49.5 Å². The smallest absolute Gasteiger partial charge is 1.00 e. The summed E-state index contributed by atoms with van der Waals surface area (Å²) in [7, 11) is -1.65. The molecule has 0 spiro atoms. The van der Waals surface area contributed by atoms with Gasteiger partial charge in [-0.2, -0.15) is 0 Å². The van der Waals surface area contributed by atoms with Crippen molar-refractivity contribution < 1.29 is 57.7 Å². The molecule has 0 bridgehead atoms. The van der Waals surface area contributed by atoms with Gasteiger partial charge in [-0.1, -0.05) is 0 Å².